The fourth-order valence-corrected chi connectivity index (χ4v) is 1.53. The van der Waals surface area contributed by atoms with E-state index in [1.54, 1.807) is 27.7 Å². The maximum absolute atomic E-state index is 11.9. The van der Waals surface area contributed by atoms with Crippen molar-refractivity contribution in [3.63, 3.8) is 0 Å². The number of aliphatic carboxylic acids is 1. The molecule has 1 rings (SSSR count). The summed E-state index contributed by atoms with van der Waals surface area (Å²) < 4.78 is 4.86. The first-order valence-electron chi connectivity index (χ1n) is 5.31. The molecular weight excluding hydrogens is 224 g/mol. The third-order valence-corrected chi connectivity index (χ3v) is 2.48. The second-order valence-corrected chi connectivity index (χ2v) is 4.23. The number of hydrogen-bond acceptors (Lipinski definition) is 4. The monoisotopic (exact) mass is 240 g/mol. The molecule has 0 saturated heterocycles. The van der Waals surface area contributed by atoms with E-state index in [4.69, 9.17) is 9.63 Å². The number of carbonyl (C=O) groups excluding carboxylic acids is 1. The van der Waals surface area contributed by atoms with Crippen LogP contribution in [0.4, 0.5) is 0 Å². The topological polar surface area (TPSA) is 92.4 Å². The highest BCUT2D eigenvalue weighted by Gasteiger charge is 2.26. The van der Waals surface area contributed by atoms with Crippen molar-refractivity contribution in [2.45, 2.75) is 33.7 Å². The molecule has 0 radical (unpaired) electrons. The first-order chi connectivity index (χ1) is 7.84. The van der Waals surface area contributed by atoms with Gasteiger partial charge in [0.05, 0.1) is 5.69 Å². The molecule has 17 heavy (non-hydrogen) atoms. The molecule has 0 aliphatic carbocycles. The Kier molecular flexibility index (Phi) is 3.88. The molecule has 0 saturated carbocycles. The Bertz CT molecular complexity index is 417. The zero-order valence-corrected chi connectivity index (χ0v) is 10.3. The molecule has 1 amide bonds. The van der Waals surface area contributed by atoms with Gasteiger partial charge in [0.1, 0.15) is 17.4 Å². The van der Waals surface area contributed by atoms with Crippen LogP contribution in [-0.4, -0.2) is 28.2 Å². The molecule has 1 atom stereocenters. The molecule has 0 aliphatic heterocycles. The molecule has 94 valence electrons. The minimum atomic E-state index is -1.06. The number of nitrogens with zero attached hydrogens (tertiary/aromatic N) is 1. The number of aryl methyl sites for hydroxylation is 2. The Morgan fingerprint density at radius 1 is 1.35 bits per heavy atom. The fraction of sp³-hybridized carbons (Fsp3) is 0.545. The van der Waals surface area contributed by atoms with Crippen molar-refractivity contribution in [3.05, 3.63) is 17.0 Å². The lowest BCUT2D eigenvalue weighted by atomic mass is 10.0. The predicted molar refractivity (Wildman–Crippen MR) is 59.7 cm³/mol. The SMILES string of the molecule is Cc1noc(C)c1C(=O)NC(C(=O)O)C(C)C. The number of carbonyl (C=O) groups is 2. The van der Waals surface area contributed by atoms with E-state index in [2.05, 4.69) is 10.5 Å². The minimum absolute atomic E-state index is 0.197. The average molecular weight is 240 g/mol. The summed E-state index contributed by atoms with van der Waals surface area (Å²) in [5.74, 6) is -1.34. The molecule has 1 heterocycles. The van der Waals surface area contributed by atoms with Crippen LogP contribution in [0.15, 0.2) is 4.52 Å². The fourth-order valence-electron chi connectivity index (χ4n) is 1.53. The maximum Gasteiger partial charge on any atom is 0.326 e. The summed E-state index contributed by atoms with van der Waals surface area (Å²) in [7, 11) is 0. The standard InChI is InChI=1S/C11H16N2O4/c1-5(2)9(11(15)16)12-10(14)8-6(3)13-17-7(8)4/h5,9H,1-4H3,(H,12,14)(H,15,16). The average Bonchev–Trinajstić information content (AvgIpc) is 2.53. The summed E-state index contributed by atoms with van der Waals surface area (Å²) in [4.78, 5) is 22.9. The predicted octanol–water partition coefficient (Wildman–Crippen LogP) is 1.13. The van der Waals surface area contributed by atoms with Gasteiger partial charge in [-0.15, -0.1) is 0 Å². The Morgan fingerprint density at radius 2 is 1.94 bits per heavy atom. The van der Waals surface area contributed by atoms with Gasteiger partial charge in [-0.1, -0.05) is 19.0 Å². The zero-order valence-electron chi connectivity index (χ0n) is 10.3. The van der Waals surface area contributed by atoms with E-state index in [1.165, 1.54) is 0 Å². The van der Waals surface area contributed by atoms with Crippen LogP contribution < -0.4 is 5.32 Å². The van der Waals surface area contributed by atoms with E-state index in [0.29, 0.717) is 17.0 Å². The largest absolute Gasteiger partial charge is 0.480 e. The molecule has 0 aromatic carbocycles. The maximum atomic E-state index is 11.9. The quantitative estimate of drug-likeness (QED) is 0.823. The van der Waals surface area contributed by atoms with Gasteiger partial charge in [0.15, 0.2) is 0 Å². The van der Waals surface area contributed by atoms with Gasteiger partial charge >= 0.3 is 5.97 Å². The lowest BCUT2D eigenvalue weighted by molar-refractivity contribution is -0.140. The smallest absolute Gasteiger partial charge is 0.326 e. The first-order valence-corrected chi connectivity index (χ1v) is 5.31. The van der Waals surface area contributed by atoms with Gasteiger partial charge in [0, 0.05) is 0 Å². The van der Waals surface area contributed by atoms with E-state index in [1.807, 2.05) is 0 Å². The number of hydrogen-bond donors (Lipinski definition) is 2. The Labute approximate surface area is 99.0 Å². The lowest BCUT2D eigenvalue weighted by Crippen LogP contribution is -2.44. The summed E-state index contributed by atoms with van der Waals surface area (Å²) >= 11 is 0. The second kappa shape index (κ2) is 4.99. The highest BCUT2D eigenvalue weighted by atomic mass is 16.5. The Balaban J connectivity index is 2.89. The van der Waals surface area contributed by atoms with Crippen molar-refractivity contribution >= 4 is 11.9 Å². The number of carboxylic acids is 1. The van der Waals surface area contributed by atoms with Crippen molar-refractivity contribution in [1.29, 1.82) is 0 Å². The molecule has 0 fully saturated rings. The summed E-state index contributed by atoms with van der Waals surface area (Å²) in [5.41, 5.74) is 0.754. The molecule has 0 aliphatic rings. The van der Waals surface area contributed by atoms with Crippen molar-refractivity contribution < 1.29 is 19.2 Å². The number of aromatic nitrogens is 1. The molecule has 1 aromatic heterocycles. The summed E-state index contributed by atoms with van der Waals surface area (Å²) in [6.07, 6.45) is 0. The van der Waals surface area contributed by atoms with Crippen molar-refractivity contribution in [2.24, 2.45) is 5.92 Å². The summed E-state index contributed by atoms with van der Waals surface area (Å²) in [5, 5.41) is 15.1. The normalized spacial score (nSPS) is 12.5. The van der Waals surface area contributed by atoms with E-state index in [-0.39, 0.29) is 5.92 Å². The van der Waals surface area contributed by atoms with Crippen LogP contribution in [0.3, 0.4) is 0 Å². The van der Waals surface area contributed by atoms with Crippen LogP contribution in [0.25, 0.3) is 0 Å². The van der Waals surface area contributed by atoms with E-state index < -0.39 is 17.9 Å². The van der Waals surface area contributed by atoms with E-state index in [9.17, 15) is 9.59 Å². The third kappa shape index (κ3) is 2.83. The number of rotatable bonds is 4. The van der Waals surface area contributed by atoms with Crippen LogP contribution in [-0.2, 0) is 4.79 Å². The van der Waals surface area contributed by atoms with Gasteiger partial charge in [-0.05, 0) is 19.8 Å². The van der Waals surface area contributed by atoms with Gasteiger partial charge in [-0.3, -0.25) is 4.79 Å². The summed E-state index contributed by atoms with van der Waals surface area (Å²) in [6.45, 7) is 6.70. The van der Waals surface area contributed by atoms with Crippen LogP contribution in [0.2, 0.25) is 0 Å². The molecule has 6 nitrogen and oxygen atoms in total. The zero-order chi connectivity index (χ0) is 13.2. The minimum Gasteiger partial charge on any atom is -0.480 e. The van der Waals surface area contributed by atoms with Crippen LogP contribution >= 0.6 is 0 Å². The van der Waals surface area contributed by atoms with Crippen molar-refractivity contribution in [3.8, 4) is 0 Å². The molecule has 6 heteroatoms. The van der Waals surface area contributed by atoms with Gasteiger partial charge in [-0.2, -0.15) is 0 Å². The molecule has 2 N–H and O–H groups in total. The van der Waals surface area contributed by atoms with Crippen molar-refractivity contribution in [2.75, 3.05) is 0 Å². The molecule has 1 unspecified atom stereocenters. The van der Waals surface area contributed by atoms with Gasteiger partial charge in [0.25, 0.3) is 5.91 Å². The van der Waals surface area contributed by atoms with Gasteiger partial charge in [-0.25, -0.2) is 4.79 Å². The lowest BCUT2D eigenvalue weighted by Gasteiger charge is -2.17. The molecule has 0 bridgehead atoms. The Hall–Kier alpha value is -1.85. The second-order valence-electron chi connectivity index (χ2n) is 4.23. The van der Waals surface area contributed by atoms with Crippen LogP contribution in [0.1, 0.15) is 35.7 Å². The Morgan fingerprint density at radius 3 is 2.29 bits per heavy atom. The highest BCUT2D eigenvalue weighted by Crippen LogP contribution is 2.13. The molecular formula is C11H16N2O4. The van der Waals surface area contributed by atoms with Gasteiger partial charge in [0.2, 0.25) is 0 Å². The molecule has 1 aromatic rings. The van der Waals surface area contributed by atoms with Crippen LogP contribution in [0.5, 0.6) is 0 Å². The number of carboxylic acid groups (broad SMARTS) is 1. The van der Waals surface area contributed by atoms with Gasteiger partial charge < -0.3 is 14.9 Å². The highest BCUT2D eigenvalue weighted by molar-refractivity contribution is 5.98. The van der Waals surface area contributed by atoms with E-state index >= 15 is 0 Å². The van der Waals surface area contributed by atoms with E-state index in [0.717, 1.165) is 0 Å². The number of nitrogens with one attached hydrogen (secondary N) is 1. The summed E-state index contributed by atoms with van der Waals surface area (Å²) in [6, 6.07) is -0.920. The third-order valence-electron chi connectivity index (χ3n) is 2.48. The van der Waals surface area contributed by atoms with Crippen LogP contribution in [0, 0.1) is 19.8 Å². The van der Waals surface area contributed by atoms with Crippen molar-refractivity contribution in [1.82, 2.24) is 10.5 Å². The number of amides is 1. The molecule has 0 spiro atoms. The first kappa shape index (κ1) is 13.2.